The van der Waals surface area contributed by atoms with Crippen LogP contribution in [0.15, 0.2) is 35.4 Å². The summed E-state index contributed by atoms with van der Waals surface area (Å²) in [4.78, 5) is 14.2. The van der Waals surface area contributed by atoms with Gasteiger partial charge < -0.3 is 20.1 Å². The van der Waals surface area contributed by atoms with Gasteiger partial charge in [-0.1, -0.05) is 35.4 Å². The van der Waals surface area contributed by atoms with Gasteiger partial charge in [-0.25, -0.2) is 0 Å². The standard InChI is InChI=1S/C16H23N3O5/c17-19-18-10-14(21)16(23)15(22)13(20)8-4-5-9-24-11-12-6-2-1-3-7-12/h1-3,6-7,14-16,21-23H,4-5,8-11H2/t14-,15+,16+/m0/s1. The Balaban J connectivity index is 2.17. The van der Waals surface area contributed by atoms with Gasteiger partial charge in [0.2, 0.25) is 0 Å². The van der Waals surface area contributed by atoms with Crippen LogP contribution < -0.4 is 0 Å². The lowest BCUT2D eigenvalue weighted by atomic mass is 10.0. The molecular formula is C16H23N3O5. The Morgan fingerprint density at radius 1 is 1.21 bits per heavy atom. The number of benzene rings is 1. The van der Waals surface area contributed by atoms with E-state index < -0.39 is 30.6 Å². The van der Waals surface area contributed by atoms with E-state index in [9.17, 15) is 20.1 Å². The first-order valence-corrected chi connectivity index (χ1v) is 7.75. The number of aliphatic hydroxyl groups excluding tert-OH is 3. The molecule has 0 aromatic heterocycles. The lowest BCUT2D eigenvalue weighted by molar-refractivity contribution is -0.138. The molecule has 0 aliphatic carbocycles. The first-order valence-electron chi connectivity index (χ1n) is 7.75. The molecule has 0 unspecified atom stereocenters. The molecule has 0 amide bonds. The quantitative estimate of drug-likeness (QED) is 0.229. The smallest absolute Gasteiger partial charge is 0.164 e. The summed E-state index contributed by atoms with van der Waals surface area (Å²) in [5.74, 6) is -0.564. The van der Waals surface area contributed by atoms with Crippen LogP contribution in [0.4, 0.5) is 0 Å². The average Bonchev–Trinajstić information content (AvgIpc) is 2.61. The lowest BCUT2D eigenvalue weighted by Gasteiger charge is -2.20. The average molecular weight is 337 g/mol. The minimum atomic E-state index is -1.70. The molecule has 0 aliphatic rings. The van der Waals surface area contributed by atoms with Crippen LogP contribution in [0.1, 0.15) is 24.8 Å². The zero-order valence-corrected chi connectivity index (χ0v) is 13.4. The largest absolute Gasteiger partial charge is 0.390 e. The van der Waals surface area contributed by atoms with Crippen LogP contribution in [0.2, 0.25) is 0 Å². The van der Waals surface area contributed by atoms with Crippen molar-refractivity contribution in [1.29, 1.82) is 0 Å². The predicted octanol–water partition coefficient (Wildman–Crippen LogP) is 1.34. The normalized spacial score (nSPS) is 14.5. The van der Waals surface area contributed by atoms with Gasteiger partial charge >= 0.3 is 0 Å². The Bertz CT molecular complexity index is 534. The third-order valence-electron chi connectivity index (χ3n) is 3.45. The number of azide groups is 1. The van der Waals surface area contributed by atoms with Crippen molar-refractivity contribution in [2.24, 2.45) is 5.11 Å². The third kappa shape index (κ3) is 7.54. The number of carbonyl (C=O) groups excluding carboxylic acids is 1. The highest BCUT2D eigenvalue weighted by Gasteiger charge is 2.29. The third-order valence-corrected chi connectivity index (χ3v) is 3.45. The number of unbranched alkanes of at least 4 members (excludes halogenated alkanes) is 1. The maximum atomic E-state index is 11.8. The van der Waals surface area contributed by atoms with Crippen molar-refractivity contribution in [3.8, 4) is 0 Å². The molecule has 8 nitrogen and oxygen atoms in total. The van der Waals surface area contributed by atoms with Crippen LogP contribution in [0, 0.1) is 0 Å². The van der Waals surface area contributed by atoms with E-state index in [0.717, 1.165) is 5.56 Å². The van der Waals surface area contributed by atoms with E-state index >= 15 is 0 Å². The van der Waals surface area contributed by atoms with E-state index in [2.05, 4.69) is 10.0 Å². The number of hydrogen-bond acceptors (Lipinski definition) is 6. The highest BCUT2D eigenvalue weighted by Crippen LogP contribution is 2.08. The van der Waals surface area contributed by atoms with E-state index in [-0.39, 0.29) is 6.42 Å². The molecule has 0 saturated heterocycles. The maximum absolute atomic E-state index is 11.8. The fourth-order valence-electron chi connectivity index (χ4n) is 2.04. The maximum Gasteiger partial charge on any atom is 0.164 e. The fourth-order valence-corrected chi connectivity index (χ4v) is 2.04. The summed E-state index contributed by atoms with van der Waals surface area (Å²) in [7, 11) is 0. The number of hydrogen-bond donors (Lipinski definition) is 3. The summed E-state index contributed by atoms with van der Waals surface area (Å²) >= 11 is 0. The molecule has 0 radical (unpaired) electrons. The zero-order valence-electron chi connectivity index (χ0n) is 13.4. The van der Waals surface area contributed by atoms with E-state index in [1.54, 1.807) is 0 Å². The monoisotopic (exact) mass is 337 g/mol. The summed E-state index contributed by atoms with van der Waals surface area (Å²) in [6, 6.07) is 9.71. The second kappa shape index (κ2) is 11.6. The number of nitrogens with zero attached hydrogens (tertiary/aromatic N) is 3. The lowest BCUT2D eigenvalue weighted by Crippen LogP contribution is -2.43. The van der Waals surface area contributed by atoms with Crippen LogP contribution in [0.5, 0.6) is 0 Å². The van der Waals surface area contributed by atoms with Gasteiger partial charge in [0.15, 0.2) is 5.78 Å². The molecule has 24 heavy (non-hydrogen) atoms. The molecule has 0 fully saturated rings. The number of ketones is 1. The highest BCUT2D eigenvalue weighted by molar-refractivity contribution is 5.83. The molecule has 1 aromatic carbocycles. The summed E-state index contributed by atoms with van der Waals surface area (Å²) < 4.78 is 5.48. The molecule has 3 atom stereocenters. The van der Waals surface area contributed by atoms with Crippen LogP contribution in [0.3, 0.4) is 0 Å². The highest BCUT2D eigenvalue weighted by atomic mass is 16.5. The summed E-state index contributed by atoms with van der Waals surface area (Å²) in [5, 5.41) is 31.9. The van der Waals surface area contributed by atoms with E-state index in [0.29, 0.717) is 26.1 Å². The summed E-state index contributed by atoms with van der Waals surface area (Å²) in [6.45, 7) is 0.581. The van der Waals surface area contributed by atoms with Crippen molar-refractivity contribution >= 4 is 5.78 Å². The van der Waals surface area contributed by atoms with Crippen molar-refractivity contribution in [3.63, 3.8) is 0 Å². The van der Waals surface area contributed by atoms with Gasteiger partial charge in [0.05, 0.1) is 19.3 Å². The van der Waals surface area contributed by atoms with Crippen molar-refractivity contribution in [1.82, 2.24) is 0 Å². The van der Waals surface area contributed by atoms with Crippen molar-refractivity contribution in [3.05, 3.63) is 46.3 Å². The van der Waals surface area contributed by atoms with Crippen LogP contribution >= 0.6 is 0 Å². The Kier molecular flexibility index (Phi) is 9.67. The Hall–Kier alpha value is -1.96. The second-order valence-corrected chi connectivity index (χ2v) is 5.38. The Morgan fingerprint density at radius 2 is 1.92 bits per heavy atom. The SMILES string of the molecule is [N-]=[N+]=NC[C@H](O)[C@@H](O)[C@H](O)C(=O)CCCCOCc1ccccc1. The molecule has 0 aliphatic heterocycles. The van der Waals surface area contributed by atoms with Crippen LogP contribution in [-0.4, -0.2) is 52.6 Å². The predicted molar refractivity (Wildman–Crippen MR) is 87.0 cm³/mol. The molecule has 0 heterocycles. The number of ether oxygens (including phenoxy) is 1. The van der Waals surface area contributed by atoms with Crippen molar-refractivity contribution in [2.45, 2.75) is 44.2 Å². The molecule has 3 N–H and O–H groups in total. The summed E-state index contributed by atoms with van der Waals surface area (Å²) in [5.41, 5.74) is 9.20. The number of Topliss-reactive ketones (excluding diaryl/α,β-unsaturated/α-hetero) is 1. The first kappa shape index (κ1) is 20.1. The van der Waals surface area contributed by atoms with Gasteiger partial charge in [0.1, 0.15) is 12.2 Å². The molecule has 0 saturated carbocycles. The van der Waals surface area contributed by atoms with Gasteiger partial charge in [0.25, 0.3) is 0 Å². The molecular weight excluding hydrogens is 314 g/mol. The molecule has 8 heteroatoms. The minimum Gasteiger partial charge on any atom is -0.390 e. The molecule has 0 spiro atoms. The van der Waals surface area contributed by atoms with Gasteiger partial charge in [-0.3, -0.25) is 4.79 Å². The van der Waals surface area contributed by atoms with Crippen molar-refractivity contribution in [2.75, 3.05) is 13.2 Å². The molecule has 1 aromatic rings. The molecule has 1 rings (SSSR count). The van der Waals surface area contributed by atoms with Crippen LogP contribution in [-0.2, 0) is 16.1 Å². The number of rotatable bonds is 12. The minimum absolute atomic E-state index is 0.0706. The van der Waals surface area contributed by atoms with Gasteiger partial charge in [-0.15, -0.1) is 0 Å². The number of aliphatic hydroxyl groups is 3. The second-order valence-electron chi connectivity index (χ2n) is 5.38. The van der Waals surface area contributed by atoms with Crippen molar-refractivity contribution < 1.29 is 24.9 Å². The number of carbonyl (C=O) groups is 1. The first-order chi connectivity index (χ1) is 11.6. The fraction of sp³-hybridized carbons (Fsp3) is 0.562. The molecule has 0 bridgehead atoms. The van der Waals surface area contributed by atoms with E-state index in [4.69, 9.17) is 10.3 Å². The summed E-state index contributed by atoms with van der Waals surface area (Å²) in [6.07, 6.45) is -3.63. The zero-order chi connectivity index (χ0) is 17.8. The Morgan fingerprint density at radius 3 is 2.58 bits per heavy atom. The van der Waals surface area contributed by atoms with Gasteiger partial charge in [-0.05, 0) is 23.9 Å². The van der Waals surface area contributed by atoms with Gasteiger partial charge in [-0.2, -0.15) is 0 Å². The van der Waals surface area contributed by atoms with Gasteiger partial charge in [0, 0.05) is 17.9 Å². The van der Waals surface area contributed by atoms with Crippen LogP contribution in [0.25, 0.3) is 10.4 Å². The Labute approximate surface area is 140 Å². The topological polar surface area (TPSA) is 136 Å². The van der Waals surface area contributed by atoms with E-state index in [1.807, 2.05) is 30.3 Å². The van der Waals surface area contributed by atoms with E-state index in [1.165, 1.54) is 0 Å². The molecule has 132 valence electrons.